The van der Waals surface area contributed by atoms with E-state index in [1.54, 1.807) is 30.3 Å². The lowest BCUT2D eigenvalue weighted by Gasteiger charge is -2.26. The van der Waals surface area contributed by atoms with Gasteiger partial charge in [-0.05, 0) is 44.2 Å². The van der Waals surface area contributed by atoms with Gasteiger partial charge in [0.2, 0.25) is 5.91 Å². The molecule has 1 rings (SSSR count). The number of carboxylic acid groups (broad SMARTS) is 1. The zero-order chi connectivity index (χ0) is 23.5. The number of aliphatic carboxylic acids is 1. The average molecular weight is 468 g/mol. The van der Waals surface area contributed by atoms with Crippen molar-refractivity contribution in [2.45, 2.75) is 63.0 Å². The second-order valence-electron chi connectivity index (χ2n) is 7.00. The Morgan fingerprint density at radius 2 is 1.81 bits per heavy atom. The minimum absolute atomic E-state index is 0.134. The van der Waals surface area contributed by atoms with E-state index in [4.69, 9.17) is 10.3 Å². The molecule has 0 spiro atoms. The SMILES string of the molecule is NCCCC[C@@H](OP(=O)(O)C(CCC(F)(F)F)NC(=O)CCc1ccccc1)C(=O)O. The number of halogens is 3. The number of benzene rings is 1. The van der Waals surface area contributed by atoms with Gasteiger partial charge in [0, 0.05) is 12.8 Å². The summed E-state index contributed by atoms with van der Waals surface area (Å²) in [6.45, 7) is 0.273. The highest BCUT2D eigenvalue weighted by Gasteiger charge is 2.40. The average Bonchev–Trinajstić information content (AvgIpc) is 2.68. The van der Waals surface area contributed by atoms with Gasteiger partial charge in [0.15, 0.2) is 6.10 Å². The summed E-state index contributed by atoms with van der Waals surface area (Å²) in [5.41, 5.74) is 6.13. The van der Waals surface area contributed by atoms with E-state index < -0.39 is 50.4 Å². The van der Waals surface area contributed by atoms with Crippen molar-refractivity contribution in [2.75, 3.05) is 6.54 Å². The van der Waals surface area contributed by atoms with Gasteiger partial charge in [-0.2, -0.15) is 13.2 Å². The van der Waals surface area contributed by atoms with Crippen LogP contribution < -0.4 is 11.1 Å². The molecule has 1 amide bonds. The molecule has 0 aliphatic heterocycles. The van der Waals surface area contributed by atoms with Crippen LogP contribution in [0.2, 0.25) is 0 Å². The highest BCUT2D eigenvalue weighted by molar-refractivity contribution is 7.53. The van der Waals surface area contributed by atoms with Gasteiger partial charge in [0.05, 0.1) is 0 Å². The number of nitrogens with one attached hydrogen (secondary N) is 1. The zero-order valence-electron chi connectivity index (χ0n) is 16.9. The predicted molar refractivity (Wildman–Crippen MR) is 107 cm³/mol. The molecule has 2 unspecified atom stereocenters. The number of unbranched alkanes of at least 4 members (excludes halogenated alkanes) is 1. The van der Waals surface area contributed by atoms with Crippen LogP contribution in [0.4, 0.5) is 13.2 Å². The van der Waals surface area contributed by atoms with E-state index in [1.807, 2.05) is 0 Å². The van der Waals surface area contributed by atoms with Gasteiger partial charge in [0.1, 0.15) is 5.78 Å². The molecule has 0 aliphatic carbocycles. The third-order valence-electron chi connectivity index (χ3n) is 4.38. The minimum atomic E-state index is -4.94. The second kappa shape index (κ2) is 12.8. The van der Waals surface area contributed by atoms with Crippen LogP contribution in [0.1, 0.15) is 44.1 Å². The maximum atomic E-state index is 12.7. The van der Waals surface area contributed by atoms with Crippen molar-refractivity contribution in [1.82, 2.24) is 5.32 Å². The predicted octanol–water partition coefficient (Wildman–Crippen LogP) is 3.19. The summed E-state index contributed by atoms with van der Waals surface area (Å²) in [5, 5.41) is 11.3. The Hall–Kier alpha value is -1.94. The quantitative estimate of drug-likeness (QED) is 0.243. The van der Waals surface area contributed by atoms with E-state index >= 15 is 0 Å². The van der Waals surface area contributed by atoms with Crippen LogP contribution in [-0.4, -0.2) is 46.5 Å². The van der Waals surface area contributed by atoms with Gasteiger partial charge in [-0.3, -0.25) is 13.9 Å². The summed E-state index contributed by atoms with van der Waals surface area (Å²) < 4.78 is 55.5. The van der Waals surface area contributed by atoms with E-state index in [1.165, 1.54) is 0 Å². The van der Waals surface area contributed by atoms with Crippen molar-refractivity contribution < 1.29 is 41.8 Å². The number of hydrogen-bond donors (Lipinski definition) is 4. The van der Waals surface area contributed by atoms with Gasteiger partial charge < -0.3 is 21.1 Å². The lowest BCUT2D eigenvalue weighted by Crippen LogP contribution is -2.37. The Balaban J connectivity index is 2.86. The van der Waals surface area contributed by atoms with Crippen molar-refractivity contribution in [3.05, 3.63) is 35.9 Å². The first-order valence-electron chi connectivity index (χ1n) is 9.78. The second-order valence-corrected chi connectivity index (χ2v) is 8.97. The molecule has 12 heteroatoms. The number of carboxylic acids is 1. The summed E-state index contributed by atoms with van der Waals surface area (Å²) in [6, 6.07) is 8.81. The Kier molecular flexibility index (Phi) is 11.2. The van der Waals surface area contributed by atoms with E-state index in [-0.39, 0.29) is 32.2 Å². The molecule has 0 saturated carbocycles. The van der Waals surface area contributed by atoms with Crippen molar-refractivity contribution in [3.8, 4) is 0 Å². The molecular formula is C19H28F3N2O6P. The maximum absolute atomic E-state index is 12.7. The number of rotatable bonds is 14. The summed E-state index contributed by atoms with van der Waals surface area (Å²) in [5.74, 6) is -4.17. The fourth-order valence-electron chi connectivity index (χ4n) is 2.73. The number of alkyl halides is 3. The van der Waals surface area contributed by atoms with Gasteiger partial charge in [0.25, 0.3) is 0 Å². The molecule has 0 aliphatic rings. The number of aryl methyl sites for hydroxylation is 1. The summed E-state index contributed by atoms with van der Waals surface area (Å²) in [7, 11) is -4.94. The lowest BCUT2D eigenvalue weighted by molar-refractivity contribution is -0.146. The lowest BCUT2D eigenvalue weighted by atomic mass is 10.1. The molecule has 0 aromatic heterocycles. The molecule has 8 nitrogen and oxygen atoms in total. The molecule has 0 bridgehead atoms. The molecule has 0 fully saturated rings. The van der Waals surface area contributed by atoms with Gasteiger partial charge in [-0.1, -0.05) is 30.3 Å². The van der Waals surface area contributed by atoms with Crippen LogP contribution in [0, 0.1) is 0 Å². The van der Waals surface area contributed by atoms with E-state index in [9.17, 15) is 37.3 Å². The number of carbonyl (C=O) groups is 2. The van der Waals surface area contributed by atoms with Crippen LogP contribution in [0.15, 0.2) is 30.3 Å². The Morgan fingerprint density at radius 3 is 2.35 bits per heavy atom. The molecule has 31 heavy (non-hydrogen) atoms. The van der Waals surface area contributed by atoms with Crippen LogP contribution >= 0.6 is 7.60 Å². The monoisotopic (exact) mass is 468 g/mol. The van der Waals surface area contributed by atoms with Crippen molar-refractivity contribution >= 4 is 19.5 Å². The smallest absolute Gasteiger partial charge is 0.389 e. The standard InChI is InChI=1S/C19H28F3N2O6P/c20-19(21,22)12-11-17(24-16(25)10-9-14-6-2-1-3-7-14)31(28,29)30-15(18(26)27)8-4-5-13-23/h1-3,6-7,15,17H,4-5,8-13,23H2,(H,24,25)(H,26,27)(H,28,29)/t15-,17?/m1/s1. The molecule has 0 heterocycles. The molecular weight excluding hydrogens is 440 g/mol. The van der Waals surface area contributed by atoms with E-state index in [2.05, 4.69) is 5.32 Å². The third-order valence-corrected chi connectivity index (χ3v) is 6.11. The molecule has 176 valence electrons. The van der Waals surface area contributed by atoms with Crippen LogP contribution in [0.25, 0.3) is 0 Å². The Labute approximate surface area is 178 Å². The maximum Gasteiger partial charge on any atom is 0.389 e. The topological polar surface area (TPSA) is 139 Å². The first kappa shape index (κ1) is 27.1. The number of amides is 1. The van der Waals surface area contributed by atoms with Crippen molar-refractivity contribution in [3.63, 3.8) is 0 Å². The fourth-order valence-corrected chi connectivity index (χ4v) is 4.20. The summed E-state index contributed by atoms with van der Waals surface area (Å²) in [4.78, 5) is 33.8. The highest BCUT2D eigenvalue weighted by Crippen LogP contribution is 2.50. The third kappa shape index (κ3) is 11.3. The largest absolute Gasteiger partial charge is 0.479 e. The zero-order valence-corrected chi connectivity index (χ0v) is 17.8. The number of hydrogen-bond acceptors (Lipinski definition) is 5. The summed E-state index contributed by atoms with van der Waals surface area (Å²) in [6.07, 6.45) is -8.01. The van der Waals surface area contributed by atoms with Gasteiger partial charge in [-0.25, -0.2) is 4.79 Å². The van der Waals surface area contributed by atoms with E-state index in [0.717, 1.165) is 5.56 Å². The first-order chi connectivity index (χ1) is 14.4. The van der Waals surface area contributed by atoms with E-state index in [0.29, 0.717) is 6.42 Å². The fraction of sp³-hybridized carbons (Fsp3) is 0.579. The Bertz CT molecular complexity index is 748. The molecule has 0 radical (unpaired) electrons. The Morgan fingerprint density at radius 1 is 1.16 bits per heavy atom. The van der Waals surface area contributed by atoms with Crippen molar-refractivity contribution in [1.29, 1.82) is 0 Å². The molecule has 1 aromatic rings. The molecule has 3 atom stereocenters. The normalized spacial score (nSPS) is 15.6. The van der Waals surface area contributed by atoms with Gasteiger partial charge in [-0.15, -0.1) is 0 Å². The van der Waals surface area contributed by atoms with Crippen molar-refractivity contribution in [2.24, 2.45) is 5.73 Å². The van der Waals surface area contributed by atoms with Crippen LogP contribution in [0.3, 0.4) is 0 Å². The first-order valence-corrected chi connectivity index (χ1v) is 11.4. The summed E-state index contributed by atoms with van der Waals surface area (Å²) >= 11 is 0. The highest BCUT2D eigenvalue weighted by atomic mass is 31.2. The molecule has 1 aromatic carbocycles. The minimum Gasteiger partial charge on any atom is -0.479 e. The number of carbonyl (C=O) groups excluding carboxylic acids is 1. The van der Waals surface area contributed by atoms with Gasteiger partial charge >= 0.3 is 19.7 Å². The molecule has 0 saturated heterocycles. The van der Waals surface area contributed by atoms with Crippen LogP contribution in [-0.2, 0) is 25.1 Å². The van der Waals surface area contributed by atoms with Crippen LogP contribution in [0.5, 0.6) is 0 Å². The molecule has 5 N–H and O–H groups in total. The number of nitrogens with two attached hydrogens (primary N) is 1.